The number of esters is 2. The number of pyridine rings is 1. The Bertz CT molecular complexity index is 1390. The van der Waals surface area contributed by atoms with Crippen LogP contribution in [0.25, 0.3) is 0 Å². The second-order valence-corrected chi connectivity index (χ2v) is 13.1. The second kappa shape index (κ2) is 10.6. The Morgan fingerprint density at radius 3 is 2.71 bits per heavy atom. The highest BCUT2D eigenvalue weighted by molar-refractivity contribution is 6.00. The van der Waals surface area contributed by atoms with Gasteiger partial charge >= 0.3 is 11.9 Å². The van der Waals surface area contributed by atoms with Crippen molar-refractivity contribution >= 4 is 17.8 Å². The number of carbonyl (C=O) groups is 2. The summed E-state index contributed by atoms with van der Waals surface area (Å²) in [5.41, 5.74) is 10.5. The molecule has 7 aliphatic rings. The monoisotopic (exact) mass is 554 g/mol. The smallest absolute Gasteiger partial charge is 0.340 e. The lowest BCUT2D eigenvalue weighted by atomic mass is 9.44. The van der Waals surface area contributed by atoms with Crippen LogP contribution in [0.1, 0.15) is 96.0 Å². The van der Waals surface area contributed by atoms with Crippen molar-refractivity contribution in [3.05, 3.63) is 69.9 Å². The Morgan fingerprint density at radius 2 is 1.90 bits per heavy atom. The largest absolute Gasteiger partial charge is 0.427 e. The molecule has 41 heavy (non-hydrogen) atoms. The first-order valence-corrected chi connectivity index (χ1v) is 16.0. The summed E-state index contributed by atoms with van der Waals surface area (Å²) in [7, 11) is 0. The van der Waals surface area contributed by atoms with Gasteiger partial charge in [-0.3, -0.25) is 0 Å². The average molecular weight is 555 g/mol. The minimum Gasteiger partial charge on any atom is -0.427 e. The topological polar surface area (TPSA) is 91.5 Å². The molecule has 1 aromatic rings. The zero-order chi connectivity index (χ0) is 28.1. The number of nitrogens with two attached hydrogens (primary N) is 1. The normalized spacial score (nSPS) is 32.9. The predicted molar refractivity (Wildman–Crippen MR) is 157 cm³/mol. The van der Waals surface area contributed by atoms with Gasteiger partial charge < -0.3 is 15.2 Å². The first kappa shape index (κ1) is 26.7. The van der Waals surface area contributed by atoms with Crippen molar-refractivity contribution in [2.45, 2.75) is 96.8 Å². The molecule has 0 radical (unpaired) electrons. The lowest BCUT2D eigenvalue weighted by molar-refractivity contribution is -0.135. The lowest BCUT2D eigenvalue weighted by Crippen LogP contribution is -2.52. The molecular formula is C35H42N2O4. The Labute approximate surface area is 243 Å². The number of hydrogen-bond acceptors (Lipinski definition) is 6. The van der Waals surface area contributed by atoms with Crippen molar-refractivity contribution in [3.63, 3.8) is 0 Å². The molecule has 0 unspecified atom stereocenters. The van der Waals surface area contributed by atoms with E-state index in [1.165, 1.54) is 37.7 Å². The van der Waals surface area contributed by atoms with E-state index < -0.39 is 5.41 Å². The summed E-state index contributed by atoms with van der Waals surface area (Å²) in [5.74, 6) is 2.85. The van der Waals surface area contributed by atoms with E-state index in [0.29, 0.717) is 12.2 Å². The maximum Gasteiger partial charge on any atom is 0.340 e. The maximum absolute atomic E-state index is 13.9. The molecule has 2 bridgehead atoms. The van der Waals surface area contributed by atoms with E-state index in [0.717, 1.165) is 91.1 Å². The van der Waals surface area contributed by atoms with Crippen LogP contribution < -0.4 is 5.73 Å². The molecule has 2 aliphatic heterocycles. The number of nitrogen functional groups attached to an aromatic ring is 1. The number of ether oxygens (including phenoxy) is 2. The van der Waals surface area contributed by atoms with Crippen LogP contribution >= 0.6 is 0 Å². The number of unbranched alkanes of at least 4 members (excludes halogenated alkanes) is 1. The number of cyclic esters (lactones) is 2. The highest BCUT2D eigenvalue weighted by Crippen LogP contribution is 2.70. The molecule has 1 aromatic heterocycles. The van der Waals surface area contributed by atoms with Gasteiger partial charge in [0.1, 0.15) is 17.3 Å². The van der Waals surface area contributed by atoms with Crippen molar-refractivity contribution in [1.82, 2.24) is 4.98 Å². The maximum atomic E-state index is 13.9. The van der Waals surface area contributed by atoms with Crippen molar-refractivity contribution in [2.75, 3.05) is 5.73 Å². The molecule has 6 nitrogen and oxygen atoms in total. The molecule has 216 valence electrons. The molecule has 2 saturated carbocycles. The molecule has 1 spiro atoms. The van der Waals surface area contributed by atoms with Crippen LogP contribution in [0.4, 0.5) is 5.82 Å². The first-order chi connectivity index (χ1) is 20.0. The zero-order valence-electron chi connectivity index (χ0n) is 24.3. The van der Waals surface area contributed by atoms with Crippen LogP contribution in [-0.2, 0) is 25.5 Å². The molecule has 1 saturated heterocycles. The summed E-state index contributed by atoms with van der Waals surface area (Å²) in [6.07, 6.45) is 21.0. The molecule has 0 amide bonds. The summed E-state index contributed by atoms with van der Waals surface area (Å²) in [4.78, 5) is 31.7. The number of aromatic nitrogens is 1. The molecule has 3 heterocycles. The predicted octanol–water partition coefficient (Wildman–Crippen LogP) is 7.28. The summed E-state index contributed by atoms with van der Waals surface area (Å²) in [6, 6.07) is 3.92. The van der Waals surface area contributed by atoms with Gasteiger partial charge in [0.2, 0.25) is 0 Å². The second-order valence-electron chi connectivity index (χ2n) is 13.1. The quantitative estimate of drug-likeness (QED) is 0.356. The minimum absolute atomic E-state index is 0.0707. The third-order valence-corrected chi connectivity index (χ3v) is 11.0. The van der Waals surface area contributed by atoms with Gasteiger partial charge in [-0.15, -0.1) is 0 Å². The highest BCUT2D eigenvalue weighted by atomic mass is 16.5. The first-order valence-electron chi connectivity index (χ1n) is 16.0. The molecule has 0 aromatic carbocycles. The van der Waals surface area contributed by atoms with Crippen LogP contribution in [0.15, 0.2) is 64.3 Å². The van der Waals surface area contributed by atoms with Gasteiger partial charge in [-0.05, 0) is 99.0 Å². The average Bonchev–Trinajstić information content (AvgIpc) is 3.46. The van der Waals surface area contributed by atoms with Gasteiger partial charge in [-0.25, -0.2) is 14.6 Å². The SMILES string of the molecule is CCCC=C1OC(=O)C2=C1CC[C@@H]1[C@@H]2[C@]23CC[C@H]1C(Cc1ccnc(N)c1)=C2C(=O)OC3=CCCC1CCCCC1. The summed E-state index contributed by atoms with van der Waals surface area (Å²) < 4.78 is 12.2. The third kappa shape index (κ3) is 4.31. The number of rotatable bonds is 7. The fourth-order valence-electron chi connectivity index (χ4n) is 9.31. The van der Waals surface area contributed by atoms with Crippen molar-refractivity contribution in [2.24, 2.45) is 29.1 Å². The Kier molecular flexibility index (Phi) is 6.91. The Morgan fingerprint density at radius 1 is 1.05 bits per heavy atom. The van der Waals surface area contributed by atoms with Crippen LogP contribution in [0, 0.1) is 29.1 Å². The number of hydrogen-bond donors (Lipinski definition) is 1. The summed E-state index contributed by atoms with van der Waals surface area (Å²) in [6.45, 7) is 2.14. The number of carbonyl (C=O) groups excluding carboxylic acids is 2. The standard InChI is InChI=1S/C35H42N2O4/c1-2-3-11-27-25-14-13-24-23-15-17-35(31(24)30(25)33(38)40-27)28(12-7-10-21-8-5-4-6-9-21)41-34(39)32(35)26(23)19-22-16-18-37-29(36)20-22/h11-12,16,18,20-21,23-24,31H,2-10,13-15,17,19H2,1H3,(H2,36,37)/t23-,24+,31+,35-/m1/s1. The van der Waals surface area contributed by atoms with Gasteiger partial charge in [0, 0.05) is 23.3 Å². The minimum atomic E-state index is -0.586. The summed E-state index contributed by atoms with van der Waals surface area (Å²) in [5, 5.41) is 0. The van der Waals surface area contributed by atoms with Gasteiger partial charge in [0.05, 0.1) is 11.0 Å². The van der Waals surface area contributed by atoms with Crippen molar-refractivity contribution < 1.29 is 19.1 Å². The third-order valence-electron chi connectivity index (χ3n) is 11.0. The number of anilines is 1. The molecule has 6 heteroatoms. The van der Waals surface area contributed by atoms with Crippen LogP contribution in [0.3, 0.4) is 0 Å². The molecular weight excluding hydrogens is 512 g/mol. The molecule has 3 fully saturated rings. The van der Waals surface area contributed by atoms with E-state index >= 15 is 0 Å². The highest BCUT2D eigenvalue weighted by Gasteiger charge is 2.68. The number of allylic oxidation sites excluding steroid dienone is 5. The van der Waals surface area contributed by atoms with E-state index in [1.54, 1.807) is 6.20 Å². The number of fused-ring (bicyclic) bond motifs is 1. The van der Waals surface area contributed by atoms with Gasteiger partial charge in [0.25, 0.3) is 0 Å². The Balaban J connectivity index is 1.34. The van der Waals surface area contributed by atoms with E-state index in [9.17, 15) is 9.59 Å². The van der Waals surface area contributed by atoms with Gasteiger partial charge in [-0.1, -0.05) is 51.0 Å². The Hall–Kier alpha value is -3.15. The van der Waals surface area contributed by atoms with E-state index in [1.807, 2.05) is 12.1 Å². The molecule has 2 N–H and O–H groups in total. The van der Waals surface area contributed by atoms with Crippen LogP contribution in [0.5, 0.6) is 0 Å². The van der Waals surface area contributed by atoms with E-state index in [2.05, 4.69) is 24.1 Å². The van der Waals surface area contributed by atoms with Gasteiger partial charge in [-0.2, -0.15) is 0 Å². The van der Waals surface area contributed by atoms with Gasteiger partial charge in [0.15, 0.2) is 0 Å². The fourth-order valence-corrected chi connectivity index (χ4v) is 9.31. The van der Waals surface area contributed by atoms with Crippen molar-refractivity contribution in [3.8, 4) is 0 Å². The van der Waals surface area contributed by atoms with Crippen molar-refractivity contribution in [1.29, 1.82) is 0 Å². The molecule has 4 atom stereocenters. The van der Waals surface area contributed by atoms with E-state index in [4.69, 9.17) is 15.2 Å². The molecule has 5 aliphatic carbocycles. The summed E-state index contributed by atoms with van der Waals surface area (Å²) >= 11 is 0. The zero-order valence-corrected chi connectivity index (χ0v) is 24.3. The van der Waals surface area contributed by atoms with Crippen LogP contribution in [0.2, 0.25) is 0 Å². The fraction of sp³-hybridized carbons (Fsp3) is 0.571. The molecule has 8 rings (SSSR count). The van der Waals surface area contributed by atoms with E-state index in [-0.39, 0.29) is 29.7 Å². The van der Waals surface area contributed by atoms with Crippen LogP contribution in [-0.4, -0.2) is 16.9 Å². The number of nitrogens with zero attached hydrogens (tertiary/aromatic N) is 1. The lowest BCUT2D eigenvalue weighted by Gasteiger charge is -2.56.